The molecule has 0 aromatic carbocycles. The molecule has 0 saturated carbocycles. The molecule has 0 atom stereocenters. The minimum atomic E-state index is 1.22. The number of aromatic nitrogens is 2. The second-order valence-corrected chi connectivity index (χ2v) is 2.38. The minimum absolute atomic E-state index is 1.22. The van der Waals surface area contributed by atoms with Crippen LogP contribution in [-0.2, 0) is 0 Å². The van der Waals surface area contributed by atoms with Gasteiger partial charge in [-0.25, -0.2) is 4.98 Å². The van der Waals surface area contributed by atoms with E-state index in [1.54, 1.807) is 0 Å². The van der Waals surface area contributed by atoms with Crippen LogP contribution in [0.15, 0.2) is 30.9 Å². The topological polar surface area (TPSA) is 17.3 Å². The molecule has 2 heteroatoms. The molecule has 2 nitrogen and oxygen atoms in total. The zero-order chi connectivity index (χ0) is 8.97. The molecule has 0 fully saturated rings. The highest BCUT2D eigenvalue weighted by atomic mass is 14.9. The number of aryl methyl sites for hydroxylation is 1. The summed E-state index contributed by atoms with van der Waals surface area (Å²) in [5.41, 5.74) is 2.45. The molecule has 2 aromatic heterocycles. The van der Waals surface area contributed by atoms with Crippen molar-refractivity contribution >= 4 is 5.52 Å². The van der Waals surface area contributed by atoms with Crippen molar-refractivity contribution < 1.29 is 0 Å². The van der Waals surface area contributed by atoms with Gasteiger partial charge in [0, 0.05) is 12.4 Å². The van der Waals surface area contributed by atoms with Crippen LogP contribution in [0.3, 0.4) is 0 Å². The molecular weight excluding hydrogens is 148 g/mol. The van der Waals surface area contributed by atoms with Crippen molar-refractivity contribution in [3.05, 3.63) is 36.4 Å². The molecule has 0 aliphatic rings. The van der Waals surface area contributed by atoms with Crippen molar-refractivity contribution in [1.29, 1.82) is 0 Å². The van der Waals surface area contributed by atoms with Crippen molar-refractivity contribution in [1.82, 2.24) is 9.38 Å². The minimum Gasteiger partial charge on any atom is -0.308 e. The number of fused-ring (bicyclic) bond motifs is 1. The van der Waals surface area contributed by atoms with E-state index in [4.69, 9.17) is 0 Å². The van der Waals surface area contributed by atoms with E-state index in [2.05, 4.69) is 18.0 Å². The summed E-state index contributed by atoms with van der Waals surface area (Å²) >= 11 is 0. The quantitative estimate of drug-likeness (QED) is 0.582. The van der Waals surface area contributed by atoms with E-state index in [1.807, 2.05) is 43.0 Å². The van der Waals surface area contributed by atoms with Crippen molar-refractivity contribution in [2.45, 2.75) is 20.8 Å². The molecule has 0 spiro atoms. The third-order valence-corrected chi connectivity index (χ3v) is 1.64. The largest absolute Gasteiger partial charge is 0.308 e. The second-order valence-electron chi connectivity index (χ2n) is 2.38. The van der Waals surface area contributed by atoms with Gasteiger partial charge in [-0.15, -0.1) is 0 Å². The standard InChI is InChI=1S/C8H8N2.C2H6/c1-7-5-9-6-10-4-2-3-8(7)10;1-2/h2-6H,1H3;1-2H3. The Morgan fingerprint density at radius 1 is 1.33 bits per heavy atom. The lowest BCUT2D eigenvalue weighted by atomic mass is 10.3. The highest BCUT2D eigenvalue weighted by Gasteiger charge is 1.92. The Labute approximate surface area is 72.9 Å². The smallest absolute Gasteiger partial charge is 0.0990 e. The first-order chi connectivity index (χ1) is 5.88. The summed E-state index contributed by atoms with van der Waals surface area (Å²) in [5, 5.41) is 0. The first-order valence-electron chi connectivity index (χ1n) is 4.25. The summed E-state index contributed by atoms with van der Waals surface area (Å²) in [6.45, 7) is 6.06. The zero-order valence-electron chi connectivity index (χ0n) is 7.78. The van der Waals surface area contributed by atoms with Crippen LogP contribution < -0.4 is 0 Å². The van der Waals surface area contributed by atoms with Crippen LogP contribution in [0.25, 0.3) is 5.52 Å². The number of nitrogens with zero attached hydrogens (tertiary/aromatic N) is 2. The molecule has 2 rings (SSSR count). The maximum atomic E-state index is 4.05. The Kier molecular flexibility index (Phi) is 2.86. The number of hydrogen-bond acceptors (Lipinski definition) is 1. The first-order valence-corrected chi connectivity index (χ1v) is 4.25. The van der Waals surface area contributed by atoms with E-state index >= 15 is 0 Å². The van der Waals surface area contributed by atoms with Crippen LogP contribution in [0.1, 0.15) is 19.4 Å². The third kappa shape index (κ3) is 1.47. The van der Waals surface area contributed by atoms with Gasteiger partial charge in [0.15, 0.2) is 0 Å². The maximum absolute atomic E-state index is 4.05. The summed E-state index contributed by atoms with van der Waals surface area (Å²) in [4.78, 5) is 4.05. The number of rotatable bonds is 0. The van der Waals surface area contributed by atoms with Crippen LogP contribution in [0, 0.1) is 6.92 Å². The Balaban J connectivity index is 0.000000336. The van der Waals surface area contributed by atoms with E-state index < -0.39 is 0 Å². The van der Waals surface area contributed by atoms with Crippen molar-refractivity contribution in [3.8, 4) is 0 Å². The summed E-state index contributed by atoms with van der Waals surface area (Å²) in [6.07, 6.45) is 5.67. The highest BCUT2D eigenvalue weighted by Crippen LogP contribution is 2.06. The Morgan fingerprint density at radius 2 is 2.08 bits per heavy atom. The fourth-order valence-corrected chi connectivity index (χ4v) is 1.11. The average Bonchev–Trinajstić information content (AvgIpc) is 2.57. The monoisotopic (exact) mass is 162 g/mol. The van der Waals surface area contributed by atoms with Crippen molar-refractivity contribution in [2.75, 3.05) is 0 Å². The molecule has 0 unspecified atom stereocenters. The summed E-state index contributed by atoms with van der Waals surface area (Å²) < 4.78 is 2.01. The van der Waals surface area contributed by atoms with E-state index in [1.165, 1.54) is 11.1 Å². The van der Waals surface area contributed by atoms with Crippen LogP contribution in [0.4, 0.5) is 0 Å². The molecule has 0 bridgehead atoms. The van der Waals surface area contributed by atoms with Gasteiger partial charge in [-0.3, -0.25) is 0 Å². The average molecular weight is 162 g/mol. The second kappa shape index (κ2) is 3.90. The van der Waals surface area contributed by atoms with E-state index in [9.17, 15) is 0 Å². The summed E-state index contributed by atoms with van der Waals surface area (Å²) in [5.74, 6) is 0. The molecule has 64 valence electrons. The van der Waals surface area contributed by atoms with E-state index in [0.29, 0.717) is 0 Å². The highest BCUT2D eigenvalue weighted by molar-refractivity contribution is 5.52. The van der Waals surface area contributed by atoms with Crippen LogP contribution in [0.2, 0.25) is 0 Å². The predicted octanol–water partition coefficient (Wildman–Crippen LogP) is 2.67. The summed E-state index contributed by atoms with van der Waals surface area (Å²) in [7, 11) is 0. The lowest BCUT2D eigenvalue weighted by molar-refractivity contribution is 1.07. The van der Waals surface area contributed by atoms with Gasteiger partial charge < -0.3 is 4.40 Å². The molecular formula is C10H14N2. The molecule has 0 aliphatic heterocycles. The molecule has 0 aliphatic carbocycles. The van der Waals surface area contributed by atoms with Crippen molar-refractivity contribution in [3.63, 3.8) is 0 Å². The van der Waals surface area contributed by atoms with Crippen LogP contribution in [-0.4, -0.2) is 9.38 Å². The Bertz CT molecular complexity index is 349. The SMILES string of the molecule is CC.Cc1cncn2cccc12. The van der Waals surface area contributed by atoms with Gasteiger partial charge in [0.1, 0.15) is 0 Å². The van der Waals surface area contributed by atoms with E-state index in [-0.39, 0.29) is 0 Å². The van der Waals surface area contributed by atoms with Gasteiger partial charge in [0.2, 0.25) is 0 Å². The van der Waals surface area contributed by atoms with Gasteiger partial charge >= 0.3 is 0 Å². The molecule has 0 N–H and O–H groups in total. The molecule has 0 saturated heterocycles. The molecule has 2 heterocycles. The molecule has 2 aromatic rings. The molecule has 0 radical (unpaired) electrons. The van der Waals surface area contributed by atoms with Gasteiger partial charge in [0.25, 0.3) is 0 Å². The molecule has 12 heavy (non-hydrogen) atoms. The van der Waals surface area contributed by atoms with Gasteiger partial charge in [0.05, 0.1) is 11.8 Å². The van der Waals surface area contributed by atoms with Gasteiger partial charge in [-0.05, 0) is 24.6 Å². The van der Waals surface area contributed by atoms with Crippen molar-refractivity contribution in [2.24, 2.45) is 0 Å². The van der Waals surface area contributed by atoms with Crippen LogP contribution >= 0.6 is 0 Å². The maximum Gasteiger partial charge on any atom is 0.0990 e. The Morgan fingerprint density at radius 3 is 2.75 bits per heavy atom. The normalized spacial score (nSPS) is 9.25. The number of hydrogen-bond donors (Lipinski definition) is 0. The fraction of sp³-hybridized carbons (Fsp3) is 0.300. The zero-order valence-corrected chi connectivity index (χ0v) is 7.78. The molecule has 0 amide bonds. The van der Waals surface area contributed by atoms with E-state index in [0.717, 1.165) is 0 Å². The summed E-state index contributed by atoms with van der Waals surface area (Å²) in [6, 6.07) is 4.10. The van der Waals surface area contributed by atoms with Gasteiger partial charge in [-0.2, -0.15) is 0 Å². The predicted molar refractivity (Wildman–Crippen MR) is 51.3 cm³/mol. The first kappa shape index (κ1) is 8.78. The fourth-order valence-electron chi connectivity index (χ4n) is 1.11. The van der Waals surface area contributed by atoms with Gasteiger partial charge in [-0.1, -0.05) is 13.8 Å². The lowest BCUT2D eigenvalue weighted by Gasteiger charge is -1.94. The lowest BCUT2D eigenvalue weighted by Crippen LogP contribution is -1.85. The third-order valence-electron chi connectivity index (χ3n) is 1.64. The Hall–Kier alpha value is -1.31. The van der Waals surface area contributed by atoms with Crippen LogP contribution in [0.5, 0.6) is 0 Å².